The minimum absolute atomic E-state index is 0.114. The van der Waals surface area contributed by atoms with Crippen LogP contribution in [0.4, 0.5) is 10.2 Å². The lowest BCUT2D eigenvalue weighted by atomic mass is 10.2. The second-order valence-corrected chi connectivity index (χ2v) is 7.01. The van der Waals surface area contributed by atoms with Crippen LogP contribution in [0.25, 0.3) is 5.69 Å². The number of nitrogens with zero attached hydrogens (tertiary/aromatic N) is 1. The van der Waals surface area contributed by atoms with Crippen LogP contribution in [0.1, 0.15) is 15.2 Å². The minimum atomic E-state index is -0.464. The standard InChI is InChI=1S/C18H16FN3O2S2/c1-24-14-9-5-2-6-11(14)10-21-17(23)15-16(20)22(18(25)26-15)13-8-4-3-7-12(13)19/h2-9H,10,20H2,1H3,(H,21,23). The summed E-state index contributed by atoms with van der Waals surface area (Å²) in [6, 6.07) is 13.5. The molecule has 2 aromatic carbocycles. The van der Waals surface area contributed by atoms with Crippen molar-refractivity contribution in [3.8, 4) is 11.4 Å². The second kappa shape index (κ2) is 7.67. The van der Waals surface area contributed by atoms with Crippen molar-refractivity contribution in [1.29, 1.82) is 0 Å². The van der Waals surface area contributed by atoms with E-state index in [0.717, 1.165) is 16.9 Å². The molecule has 1 aromatic heterocycles. The third-order valence-electron chi connectivity index (χ3n) is 3.78. The molecule has 0 unspecified atom stereocenters. The fraction of sp³-hybridized carbons (Fsp3) is 0.111. The van der Waals surface area contributed by atoms with Gasteiger partial charge in [0.05, 0.1) is 12.8 Å². The molecule has 3 N–H and O–H groups in total. The van der Waals surface area contributed by atoms with E-state index in [2.05, 4.69) is 5.32 Å². The summed E-state index contributed by atoms with van der Waals surface area (Å²) in [5, 5.41) is 2.80. The molecule has 26 heavy (non-hydrogen) atoms. The Bertz CT molecular complexity index is 1010. The number of ether oxygens (including phenoxy) is 1. The molecule has 0 fully saturated rings. The number of carbonyl (C=O) groups is 1. The van der Waals surface area contributed by atoms with Crippen LogP contribution >= 0.6 is 23.6 Å². The summed E-state index contributed by atoms with van der Waals surface area (Å²) in [7, 11) is 1.57. The van der Waals surface area contributed by atoms with E-state index in [9.17, 15) is 9.18 Å². The molecule has 3 rings (SSSR count). The van der Waals surface area contributed by atoms with Crippen molar-refractivity contribution < 1.29 is 13.9 Å². The highest BCUT2D eigenvalue weighted by molar-refractivity contribution is 7.73. The average molecular weight is 389 g/mol. The number of aromatic nitrogens is 1. The Morgan fingerprint density at radius 2 is 1.96 bits per heavy atom. The largest absolute Gasteiger partial charge is 0.496 e. The number of nitrogen functional groups attached to an aromatic ring is 1. The van der Waals surface area contributed by atoms with Crippen molar-refractivity contribution in [2.45, 2.75) is 6.54 Å². The van der Waals surface area contributed by atoms with Crippen LogP contribution in [0.15, 0.2) is 48.5 Å². The minimum Gasteiger partial charge on any atom is -0.496 e. The SMILES string of the molecule is COc1ccccc1CNC(=O)c1sc(=S)n(-c2ccccc2F)c1N. The molecule has 0 radical (unpaired) electrons. The second-order valence-electron chi connectivity index (χ2n) is 5.36. The Hall–Kier alpha value is -2.71. The Balaban J connectivity index is 1.86. The normalized spacial score (nSPS) is 10.5. The van der Waals surface area contributed by atoms with Gasteiger partial charge < -0.3 is 15.8 Å². The van der Waals surface area contributed by atoms with Gasteiger partial charge >= 0.3 is 0 Å². The first kappa shape index (κ1) is 18.1. The summed E-state index contributed by atoms with van der Waals surface area (Å²) in [6.07, 6.45) is 0. The summed E-state index contributed by atoms with van der Waals surface area (Å²) < 4.78 is 21.0. The third-order valence-corrected chi connectivity index (χ3v) is 5.17. The molecular formula is C18H16FN3O2S2. The van der Waals surface area contributed by atoms with Gasteiger partial charge in [0.25, 0.3) is 5.91 Å². The van der Waals surface area contributed by atoms with Gasteiger partial charge in [-0.2, -0.15) is 0 Å². The zero-order valence-electron chi connectivity index (χ0n) is 13.9. The molecule has 0 saturated carbocycles. The molecule has 0 bridgehead atoms. The van der Waals surface area contributed by atoms with Crippen LogP contribution < -0.4 is 15.8 Å². The van der Waals surface area contributed by atoms with Crippen molar-refractivity contribution in [2.24, 2.45) is 0 Å². The molecule has 0 atom stereocenters. The molecule has 0 aliphatic rings. The maximum Gasteiger partial charge on any atom is 0.265 e. The van der Waals surface area contributed by atoms with E-state index in [1.165, 1.54) is 10.6 Å². The van der Waals surface area contributed by atoms with Crippen molar-refractivity contribution in [2.75, 3.05) is 12.8 Å². The number of anilines is 1. The number of thiazole rings is 1. The lowest BCUT2D eigenvalue weighted by Gasteiger charge is -2.10. The van der Waals surface area contributed by atoms with Crippen LogP contribution in [0.3, 0.4) is 0 Å². The Morgan fingerprint density at radius 3 is 2.69 bits per heavy atom. The van der Waals surface area contributed by atoms with Crippen LogP contribution in [0.2, 0.25) is 0 Å². The van der Waals surface area contributed by atoms with Crippen molar-refractivity contribution in [1.82, 2.24) is 9.88 Å². The molecule has 0 spiro atoms. The maximum atomic E-state index is 14.1. The van der Waals surface area contributed by atoms with Gasteiger partial charge in [0.1, 0.15) is 22.3 Å². The molecule has 8 heteroatoms. The number of nitrogens with one attached hydrogen (secondary N) is 1. The van der Waals surface area contributed by atoms with Gasteiger partial charge in [0.15, 0.2) is 3.95 Å². The van der Waals surface area contributed by atoms with Gasteiger partial charge in [-0.25, -0.2) is 4.39 Å². The molecule has 0 aliphatic carbocycles. The number of hydrogen-bond acceptors (Lipinski definition) is 5. The van der Waals surface area contributed by atoms with Crippen molar-refractivity contribution in [3.05, 3.63) is 68.7 Å². The smallest absolute Gasteiger partial charge is 0.265 e. The topological polar surface area (TPSA) is 69.3 Å². The summed E-state index contributed by atoms with van der Waals surface area (Å²) in [4.78, 5) is 12.8. The number of para-hydroxylation sites is 2. The highest BCUT2D eigenvalue weighted by Gasteiger charge is 2.19. The monoisotopic (exact) mass is 389 g/mol. The third kappa shape index (κ3) is 3.47. The van der Waals surface area contributed by atoms with E-state index < -0.39 is 5.82 Å². The van der Waals surface area contributed by atoms with Gasteiger partial charge in [-0.05, 0) is 30.4 Å². The fourth-order valence-corrected chi connectivity index (χ4v) is 3.78. The lowest BCUT2D eigenvalue weighted by Crippen LogP contribution is -2.23. The zero-order valence-corrected chi connectivity index (χ0v) is 15.5. The van der Waals surface area contributed by atoms with Gasteiger partial charge in [0.2, 0.25) is 0 Å². The zero-order chi connectivity index (χ0) is 18.7. The first-order chi connectivity index (χ1) is 12.5. The quantitative estimate of drug-likeness (QED) is 0.649. The van der Waals surface area contributed by atoms with Crippen LogP contribution in [-0.4, -0.2) is 17.6 Å². The number of benzene rings is 2. The molecule has 1 amide bonds. The number of halogens is 1. The lowest BCUT2D eigenvalue weighted by molar-refractivity contribution is 0.0955. The van der Waals surface area contributed by atoms with E-state index in [1.807, 2.05) is 24.3 Å². The number of rotatable bonds is 5. The summed E-state index contributed by atoms with van der Waals surface area (Å²) in [5.41, 5.74) is 7.14. The van der Waals surface area contributed by atoms with Crippen LogP contribution in [0, 0.1) is 9.77 Å². The molecule has 1 heterocycles. The van der Waals surface area contributed by atoms with Gasteiger partial charge in [-0.1, -0.05) is 41.7 Å². The number of nitrogens with two attached hydrogens (primary N) is 1. The van der Waals surface area contributed by atoms with Crippen LogP contribution in [-0.2, 0) is 6.54 Å². The Labute approximate surface area is 158 Å². The average Bonchev–Trinajstić information content (AvgIpc) is 2.95. The van der Waals surface area contributed by atoms with E-state index in [0.29, 0.717) is 9.70 Å². The maximum absolute atomic E-state index is 14.1. The molecule has 134 valence electrons. The molecule has 3 aromatic rings. The van der Waals surface area contributed by atoms with Gasteiger partial charge in [-0.3, -0.25) is 9.36 Å². The predicted molar refractivity (Wildman–Crippen MR) is 103 cm³/mol. The van der Waals surface area contributed by atoms with E-state index in [-0.39, 0.29) is 28.8 Å². The Morgan fingerprint density at radius 1 is 1.27 bits per heavy atom. The molecule has 0 aliphatic heterocycles. The molecule has 5 nitrogen and oxygen atoms in total. The molecule has 0 saturated heterocycles. The van der Waals surface area contributed by atoms with Gasteiger partial charge in [0, 0.05) is 12.1 Å². The Kier molecular flexibility index (Phi) is 5.34. The highest BCUT2D eigenvalue weighted by Crippen LogP contribution is 2.27. The first-order valence-corrected chi connectivity index (χ1v) is 8.91. The van der Waals surface area contributed by atoms with E-state index in [4.69, 9.17) is 22.7 Å². The fourth-order valence-electron chi connectivity index (χ4n) is 2.51. The van der Waals surface area contributed by atoms with Crippen molar-refractivity contribution >= 4 is 35.3 Å². The number of methoxy groups -OCH3 is 1. The number of carbonyl (C=O) groups excluding carboxylic acids is 1. The summed E-state index contributed by atoms with van der Waals surface area (Å²) >= 11 is 6.31. The highest BCUT2D eigenvalue weighted by atomic mass is 32.1. The van der Waals surface area contributed by atoms with Gasteiger partial charge in [-0.15, -0.1) is 0 Å². The van der Waals surface area contributed by atoms with E-state index in [1.54, 1.807) is 25.3 Å². The predicted octanol–water partition coefficient (Wildman–Crippen LogP) is 3.93. The number of amides is 1. The summed E-state index contributed by atoms with van der Waals surface area (Å²) in [6.45, 7) is 0.270. The molecular weight excluding hydrogens is 373 g/mol. The summed E-state index contributed by atoms with van der Waals surface area (Å²) in [5.74, 6) is -0.0476. The van der Waals surface area contributed by atoms with Crippen molar-refractivity contribution in [3.63, 3.8) is 0 Å². The van der Waals surface area contributed by atoms with Crippen LogP contribution in [0.5, 0.6) is 5.75 Å². The number of hydrogen-bond donors (Lipinski definition) is 2. The first-order valence-electron chi connectivity index (χ1n) is 7.69. The van der Waals surface area contributed by atoms with E-state index >= 15 is 0 Å².